The zero-order chi connectivity index (χ0) is 27.8. The minimum Gasteiger partial charge on any atom is -0.400 e. The number of anilines is 1. The summed E-state index contributed by atoms with van der Waals surface area (Å²) in [5.41, 5.74) is 3.56. The van der Waals surface area contributed by atoms with Crippen molar-refractivity contribution in [2.45, 2.75) is 46.3 Å². The molecule has 6 nitrogen and oxygen atoms in total. The lowest BCUT2D eigenvalue weighted by molar-refractivity contribution is -0.127. The van der Waals surface area contributed by atoms with Gasteiger partial charge in [-0.15, -0.1) is 0 Å². The van der Waals surface area contributed by atoms with E-state index < -0.39 is 6.10 Å². The average molecular weight is 511 g/mol. The van der Waals surface area contributed by atoms with Crippen LogP contribution in [-0.4, -0.2) is 35.7 Å². The Labute approximate surface area is 219 Å². The highest BCUT2D eigenvalue weighted by Crippen LogP contribution is 2.31. The number of hydrogen-bond donors (Lipinski definition) is 3. The second kappa shape index (κ2) is 17.0. The average Bonchev–Trinajstić information content (AvgIpc) is 2.89. The molecule has 1 aliphatic heterocycles. The highest BCUT2D eigenvalue weighted by atomic mass is 19.1. The summed E-state index contributed by atoms with van der Waals surface area (Å²) in [7, 11) is 1.00. The lowest BCUT2D eigenvalue weighted by Crippen LogP contribution is -2.52. The summed E-state index contributed by atoms with van der Waals surface area (Å²) in [5.74, 6) is -0.461. The van der Waals surface area contributed by atoms with E-state index in [1.807, 2.05) is 62.4 Å². The molecular formula is C30H39FN2O4. The van der Waals surface area contributed by atoms with E-state index in [0.717, 1.165) is 23.9 Å². The normalized spacial score (nSPS) is 15.3. The summed E-state index contributed by atoms with van der Waals surface area (Å²) in [6, 6.07) is 13.3. The van der Waals surface area contributed by atoms with E-state index in [2.05, 4.69) is 11.9 Å². The SMILES string of the molecule is C=C(C)/C=C\C=C/C.CC(=O)NCc1ccc(N2CC(CCC(O)c3ccc(F)cc3)C2=O)cc1.CO. The van der Waals surface area contributed by atoms with Crippen molar-refractivity contribution in [1.82, 2.24) is 5.32 Å². The third kappa shape index (κ3) is 11.4. The maximum absolute atomic E-state index is 12.9. The lowest BCUT2D eigenvalue weighted by atomic mass is 9.90. The zero-order valence-corrected chi connectivity index (χ0v) is 22.2. The van der Waals surface area contributed by atoms with Crippen molar-refractivity contribution in [3.05, 3.63) is 102 Å². The quantitative estimate of drug-likeness (QED) is 0.318. The molecule has 0 radical (unpaired) electrons. The minimum atomic E-state index is -0.694. The first-order valence-electron chi connectivity index (χ1n) is 12.2. The number of amides is 2. The fraction of sp³-hybridized carbons (Fsp3) is 0.333. The molecule has 1 saturated heterocycles. The molecular weight excluding hydrogens is 471 g/mol. The molecule has 3 rings (SSSR count). The Kier molecular flexibility index (Phi) is 14.5. The van der Waals surface area contributed by atoms with Gasteiger partial charge in [-0.05, 0) is 62.1 Å². The van der Waals surface area contributed by atoms with Gasteiger partial charge in [0.1, 0.15) is 5.82 Å². The van der Waals surface area contributed by atoms with Crippen molar-refractivity contribution >= 4 is 17.5 Å². The van der Waals surface area contributed by atoms with E-state index in [9.17, 15) is 19.1 Å². The summed E-state index contributed by atoms with van der Waals surface area (Å²) in [5, 5.41) is 19.9. The number of halogens is 1. The van der Waals surface area contributed by atoms with Crippen LogP contribution in [0.1, 0.15) is 50.8 Å². The molecule has 0 aliphatic carbocycles. The summed E-state index contributed by atoms with van der Waals surface area (Å²) in [6.07, 6.45) is 8.27. The standard InChI is InChI=1S/C21H23FN2O3.C8H12.CH4O/c1-14(25)23-12-15-2-9-19(10-3-15)24-13-17(21(24)27)6-11-20(26)16-4-7-18(22)8-5-16;1-4-5-6-7-8(2)3;1-2/h2-5,7-10,17,20,26H,6,11-13H2,1H3,(H,23,25);4-7H,2H2,1,3H3;2H,1H3/b;5-4-,7-6-;. The maximum Gasteiger partial charge on any atom is 0.231 e. The van der Waals surface area contributed by atoms with Gasteiger partial charge in [-0.1, -0.05) is 60.7 Å². The third-order valence-corrected chi connectivity index (χ3v) is 5.54. The van der Waals surface area contributed by atoms with Crippen LogP contribution in [0.5, 0.6) is 0 Å². The monoisotopic (exact) mass is 510 g/mol. The van der Waals surface area contributed by atoms with Crippen LogP contribution < -0.4 is 10.2 Å². The number of carbonyl (C=O) groups excluding carboxylic acids is 2. The van der Waals surface area contributed by atoms with E-state index in [1.165, 1.54) is 19.1 Å². The largest absolute Gasteiger partial charge is 0.400 e. The third-order valence-electron chi connectivity index (χ3n) is 5.54. The van der Waals surface area contributed by atoms with Crippen molar-refractivity contribution in [2.75, 3.05) is 18.6 Å². The molecule has 1 aliphatic rings. The molecule has 2 amide bonds. The molecule has 0 aromatic heterocycles. The van der Waals surface area contributed by atoms with Gasteiger partial charge < -0.3 is 20.4 Å². The van der Waals surface area contributed by atoms with Crippen molar-refractivity contribution in [1.29, 1.82) is 0 Å². The Morgan fingerprint density at radius 2 is 1.76 bits per heavy atom. The Morgan fingerprint density at radius 1 is 1.14 bits per heavy atom. The maximum atomic E-state index is 12.9. The number of benzene rings is 2. The van der Waals surface area contributed by atoms with E-state index in [-0.39, 0.29) is 23.5 Å². The molecule has 0 bridgehead atoms. The first-order valence-corrected chi connectivity index (χ1v) is 12.2. The van der Waals surface area contributed by atoms with Crippen LogP contribution in [0.25, 0.3) is 0 Å². The lowest BCUT2D eigenvalue weighted by Gasteiger charge is -2.39. The van der Waals surface area contributed by atoms with Gasteiger partial charge in [-0.3, -0.25) is 9.59 Å². The van der Waals surface area contributed by atoms with E-state index in [4.69, 9.17) is 5.11 Å². The summed E-state index contributed by atoms with van der Waals surface area (Å²) >= 11 is 0. The van der Waals surface area contributed by atoms with Crippen LogP contribution in [0, 0.1) is 11.7 Å². The highest BCUT2D eigenvalue weighted by Gasteiger charge is 2.37. The summed E-state index contributed by atoms with van der Waals surface area (Å²) in [6.45, 7) is 10.2. The smallest absolute Gasteiger partial charge is 0.231 e. The number of allylic oxidation sites excluding steroid dienone is 5. The predicted molar refractivity (Wildman–Crippen MR) is 147 cm³/mol. The van der Waals surface area contributed by atoms with E-state index in [0.29, 0.717) is 31.5 Å². The summed E-state index contributed by atoms with van der Waals surface area (Å²) < 4.78 is 12.9. The van der Waals surface area contributed by atoms with Gasteiger partial charge in [0.15, 0.2) is 0 Å². The Hall–Kier alpha value is -3.55. The number of nitrogens with zero attached hydrogens (tertiary/aromatic N) is 1. The molecule has 2 unspecified atom stereocenters. The number of rotatable bonds is 9. The van der Waals surface area contributed by atoms with Crippen molar-refractivity contribution in [3.63, 3.8) is 0 Å². The van der Waals surface area contributed by atoms with Crippen molar-refractivity contribution in [3.8, 4) is 0 Å². The molecule has 1 heterocycles. The highest BCUT2D eigenvalue weighted by molar-refractivity contribution is 6.01. The molecule has 200 valence electrons. The molecule has 7 heteroatoms. The van der Waals surface area contributed by atoms with Gasteiger partial charge in [0.05, 0.1) is 12.0 Å². The number of hydrogen-bond acceptors (Lipinski definition) is 4. The van der Waals surface area contributed by atoms with Crippen LogP contribution in [0.3, 0.4) is 0 Å². The fourth-order valence-corrected chi connectivity index (χ4v) is 3.51. The molecule has 2 aromatic rings. The van der Waals surface area contributed by atoms with Gasteiger partial charge in [0, 0.05) is 32.8 Å². The molecule has 1 fully saturated rings. The topological polar surface area (TPSA) is 89.9 Å². The second-order valence-electron chi connectivity index (χ2n) is 8.60. The van der Waals surface area contributed by atoms with E-state index in [1.54, 1.807) is 17.0 Å². The van der Waals surface area contributed by atoms with Crippen LogP contribution in [-0.2, 0) is 16.1 Å². The zero-order valence-electron chi connectivity index (χ0n) is 22.2. The summed E-state index contributed by atoms with van der Waals surface area (Å²) in [4.78, 5) is 25.1. The number of nitrogens with one attached hydrogen (secondary N) is 1. The van der Waals surface area contributed by atoms with Crippen LogP contribution >= 0.6 is 0 Å². The molecule has 0 saturated carbocycles. The van der Waals surface area contributed by atoms with Crippen molar-refractivity contribution < 1.29 is 24.2 Å². The molecule has 2 aromatic carbocycles. The fourth-order valence-electron chi connectivity index (χ4n) is 3.51. The minimum absolute atomic E-state index is 0.0518. The van der Waals surface area contributed by atoms with Crippen LogP contribution in [0.4, 0.5) is 10.1 Å². The molecule has 37 heavy (non-hydrogen) atoms. The van der Waals surface area contributed by atoms with Gasteiger partial charge in [0.2, 0.25) is 11.8 Å². The number of carbonyl (C=O) groups is 2. The number of β-lactam (4-membered cyclic amide) rings is 1. The van der Waals surface area contributed by atoms with Gasteiger partial charge in [0.25, 0.3) is 0 Å². The van der Waals surface area contributed by atoms with Gasteiger partial charge in [-0.25, -0.2) is 4.39 Å². The predicted octanol–water partition coefficient (Wildman–Crippen LogP) is 5.24. The first kappa shape index (κ1) is 31.5. The molecule has 3 N–H and O–H groups in total. The number of aliphatic hydroxyl groups is 2. The van der Waals surface area contributed by atoms with Gasteiger partial charge >= 0.3 is 0 Å². The van der Waals surface area contributed by atoms with E-state index >= 15 is 0 Å². The Morgan fingerprint density at radius 3 is 2.27 bits per heavy atom. The van der Waals surface area contributed by atoms with Crippen LogP contribution in [0.15, 0.2) is 85.0 Å². The number of aliphatic hydroxyl groups excluding tert-OH is 2. The van der Waals surface area contributed by atoms with Crippen molar-refractivity contribution in [2.24, 2.45) is 5.92 Å². The second-order valence-corrected chi connectivity index (χ2v) is 8.60. The first-order chi connectivity index (χ1) is 17.7. The molecule has 0 spiro atoms. The van der Waals surface area contributed by atoms with Crippen LogP contribution in [0.2, 0.25) is 0 Å². The van der Waals surface area contributed by atoms with Gasteiger partial charge in [-0.2, -0.15) is 0 Å². The Bertz CT molecular complexity index is 1050. The molecule has 2 atom stereocenters. The Balaban J connectivity index is 0.000000586.